The Bertz CT molecular complexity index is 349. The number of rotatable bonds is 2. The van der Waals surface area contributed by atoms with Crippen molar-refractivity contribution >= 4 is 12.4 Å². The molecule has 0 amide bonds. The zero-order valence-electron chi connectivity index (χ0n) is 8.06. The quantitative estimate of drug-likeness (QED) is 0.526. The Kier molecular flexibility index (Phi) is 5.87. The predicted molar refractivity (Wildman–Crippen MR) is 41.8 cm³/mol. The minimum Gasteiger partial charge on any atom is -0.445 e. The average molecular weight is 268 g/mol. The zero-order valence-corrected chi connectivity index (χ0v) is 11.2. The van der Waals surface area contributed by atoms with Gasteiger partial charge in [-0.15, -0.1) is 18.6 Å². The number of ether oxygens (including phenoxy) is 1. The first-order chi connectivity index (χ1) is 6.68. The van der Waals surface area contributed by atoms with Gasteiger partial charge in [-0.2, -0.15) is 0 Å². The van der Waals surface area contributed by atoms with E-state index in [1.165, 1.54) is 0 Å². The molecule has 0 aliphatic carbocycles. The molecule has 0 saturated heterocycles. The molecule has 0 saturated carbocycles. The van der Waals surface area contributed by atoms with Crippen molar-refractivity contribution < 1.29 is 82.2 Å². The Labute approximate surface area is 130 Å². The van der Waals surface area contributed by atoms with E-state index in [1.807, 2.05) is 0 Å². The summed E-state index contributed by atoms with van der Waals surface area (Å²) in [6, 6.07) is 2.65. The van der Waals surface area contributed by atoms with Crippen molar-refractivity contribution in [3.63, 3.8) is 0 Å². The second-order valence-electron chi connectivity index (χ2n) is 2.70. The maximum Gasteiger partial charge on any atom is 1.00 e. The molecule has 0 N–H and O–H groups in total. The van der Waals surface area contributed by atoms with Crippen LogP contribution in [-0.2, 0) is 0 Å². The van der Waals surface area contributed by atoms with Crippen LogP contribution in [-0.4, -0.2) is 13.3 Å². The van der Waals surface area contributed by atoms with Gasteiger partial charge in [0.1, 0.15) is 5.75 Å². The van der Waals surface area contributed by atoms with Crippen LogP contribution in [0.4, 0.5) is 26.1 Å². The van der Waals surface area contributed by atoms with Gasteiger partial charge in [0.25, 0.3) is 0 Å². The van der Waals surface area contributed by atoms with E-state index in [0.717, 1.165) is 12.1 Å². The third-order valence-corrected chi connectivity index (χ3v) is 1.47. The molecule has 0 atom stereocenters. The summed E-state index contributed by atoms with van der Waals surface area (Å²) in [5.74, 6) is -0.876. The van der Waals surface area contributed by atoms with E-state index in [-0.39, 0.29) is 51.4 Å². The molecule has 84 valence electrons. The minimum atomic E-state index is -5.32. The summed E-state index contributed by atoms with van der Waals surface area (Å²) in [6.07, 6.45) is -4.99. The monoisotopic (exact) mass is 268 g/mol. The summed E-state index contributed by atoms with van der Waals surface area (Å²) in [7, 11) is 0. The van der Waals surface area contributed by atoms with Gasteiger partial charge in [-0.25, -0.2) is 0 Å². The molecular weight excluding hydrogens is 264 g/mol. The Morgan fingerprint density at radius 2 is 1.62 bits per heavy atom. The van der Waals surface area contributed by atoms with Gasteiger partial charge in [0.2, 0.25) is 0 Å². The fourth-order valence-electron chi connectivity index (χ4n) is 0.915. The smallest absolute Gasteiger partial charge is 0.445 e. The first-order valence-electron chi connectivity index (χ1n) is 3.74. The maximum atomic E-state index is 12.1. The van der Waals surface area contributed by atoms with E-state index in [0.29, 0.717) is 12.1 Å². The SMILES string of the molecule is F[B-](F)(F)c1cccc(OC(F)(F)F)c1.[K+]. The van der Waals surface area contributed by atoms with Gasteiger partial charge in [0.15, 0.2) is 0 Å². The van der Waals surface area contributed by atoms with Crippen molar-refractivity contribution in [2.45, 2.75) is 6.36 Å². The Balaban J connectivity index is 0.00000225. The standard InChI is InChI=1S/C7H4BF6O.K/c9-7(10,11)15-6-3-1-2-5(4-6)8(12,13)14;/h1-4H;/q-1;+1. The van der Waals surface area contributed by atoms with Crippen LogP contribution in [0.2, 0.25) is 0 Å². The molecule has 9 heteroatoms. The number of halogens is 6. The van der Waals surface area contributed by atoms with Crippen LogP contribution in [0.3, 0.4) is 0 Å². The first kappa shape index (κ1) is 16.3. The Hall–Kier alpha value is 0.301. The van der Waals surface area contributed by atoms with Gasteiger partial charge in [-0.3, -0.25) is 0 Å². The van der Waals surface area contributed by atoms with Crippen LogP contribution >= 0.6 is 0 Å². The topological polar surface area (TPSA) is 9.23 Å². The molecular formula is C7H4BF6KO. The normalized spacial score (nSPS) is 11.9. The molecule has 0 fully saturated rings. The largest absolute Gasteiger partial charge is 1.00 e. The third kappa shape index (κ3) is 5.58. The van der Waals surface area contributed by atoms with Crippen LogP contribution in [0.1, 0.15) is 0 Å². The second-order valence-corrected chi connectivity index (χ2v) is 2.70. The number of alkyl halides is 3. The summed E-state index contributed by atoms with van der Waals surface area (Å²) in [5.41, 5.74) is -1.13. The van der Waals surface area contributed by atoms with E-state index in [4.69, 9.17) is 0 Å². The predicted octanol–water partition coefficient (Wildman–Crippen LogP) is -0.356. The molecule has 0 aliphatic heterocycles. The molecule has 0 radical (unpaired) electrons. The first-order valence-corrected chi connectivity index (χ1v) is 3.74. The number of hydrogen-bond donors (Lipinski definition) is 0. The number of hydrogen-bond acceptors (Lipinski definition) is 1. The molecule has 1 nitrogen and oxygen atoms in total. The van der Waals surface area contributed by atoms with Gasteiger partial charge >= 0.3 is 64.7 Å². The van der Waals surface area contributed by atoms with Crippen LogP contribution in [0, 0.1) is 0 Å². The Morgan fingerprint density at radius 1 is 1.06 bits per heavy atom. The fraction of sp³-hybridized carbons (Fsp3) is 0.143. The average Bonchev–Trinajstić information content (AvgIpc) is 1.99. The van der Waals surface area contributed by atoms with Crippen molar-refractivity contribution in [3.8, 4) is 5.75 Å². The fourth-order valence-corrected chi connectivity index (χ4v) is 0.915. The number of benzene rings is 1. The summed E-state index contributed by atoms with van der Waals surface area (Å²) < 4.78 is 74.7. The van der Waals surface area contributed by atoms with E-state index in [2.05, 4.69) is 4.74 Å². The van der Waals surface area contributed by atoms with Crippen LogP contribution in [0.15, 0.2) is 24.3 Å². The van der Waals surface area contributed by atoms with Crippen molar-refractivity contribution in [1.82, 2.24) is 0 Å². The van der Waals surface area contributed by atoms with Crippen LogP contribution < -0.4 is 61.6 Å². The second kappa shape index (κ2) is 5.76. The van der Waals surface area contributed by atoms with Gasteiger partial charge < -0.3 is 17.7 Å². The molecule has 0 aliphatic rings. The van der Waals surface area contributed by atoms with Crippen molar-refractivity contribution in [2.24, 2.45) is 0 Å². The molecule has 0 bridgehead atoms. The maximum absolute atomic E-state index is 12.1. The molecule has 16 heavy (non-hydrogen) atoms. The molecule has 0 aromatic heterocycles. The van der Waals surface area contributed by atoms with Crippen LogP contribution in [0.5, 0.6) is 5.75 Å². The van der Waals surface area contributed by atoms with Crippen molar-refractivity contribution in [2.75, 3.05) is 0 Å². The Morgan fingerprint density at radius 3 is 2.06 bits per heavy atom. The van der Waals surface area contributed by atoms with Gasteiger partial charge in [0, 0.05) is 0 Å². The summed E-state index contributed by atoms with van der Waals surface area (Å²) in [5, 5.41) is 0. The zero-order chi connectivity index (χ0) is 11.7. The van der Waals surface area contributed by atoms with Crippen LogP contribution in [0.25, 0.3) is 0 Å². The van der Waals surface area contributed by atoms with E-state index in [1.54, 1.807) is 0 Å². The molecule has 1 aromatic carbocycles. The molecule has 0 heterocycles. The van der Waals surface area contributed by atoms with E-state index < -0.39 is 24.6 Å². The summed E-state index contributed by atoms with van der Waals surface area (Å²) >= 11 is 0. The summed E-state index contributed by atoms with van der Waals surface area (Å²) in [6.45, 7) is -5.32. The van der Waals surface area contributed by atoms with Gasteiger partial charge in [0.05, 0.1) is 0 Å². The molecule has 1 rings (SSSR count). The van der Waals surface area contributed by atoms with Crippen molar-refractivity contribution in [1.29, 1.82) is 0 Å². The molecule has 1 aromatic rings. The third-order valence-electron chi connectivity index (χ3n) is 1.47. The van der Waals surface area contributed by atoms with E-state index >= 15 is 0 Å². The minimum absolute atomic E-state index is 0. The summed E-state index contributed by atoms with van der Waals surface area (Å²) in [4.78, 5) is 0. The van der Waals surface area contributed by atoms with Gasteiger partial charge in [-0.1, -0.05) is 12.1 Å². The van der Waals surface area contributed by atoms with E-state index in [9.17, 15) is 26.1 Å². The van der Waals surface area contributed by atoms with Gasteiger partial charge in [-0.05, 0) is 12.1 Å². The molecule has 0 spiro atoms. The molecule has 0 unspecified atom stereocenters. The van der Waals surface area contributed by atoms with Crippen molar-refractivity contribution in [3.05, 3.63) is 24.3 Å².